The molecule has 0 bridgehead atoms. The molecule has 1 aromatic carbocycles. The Bertz CT molecular complexity index is 415. The molecule has 1 rings (SSSR count). The highest BCUT2D eigenvalue weighted by Gasteiger charge is 2.10. The van der Waals surface area contributed by atoms with Crippen molar-refractivity contribution in [2.24, 2.45) is 0 Å². The molecule has 0 fully saturated rings. The third kappa shape index (κ3) is 3.29. The van der Waals surface area contributed by atoms with Gasteiger partial charge in [0.25, 0.3) is 5.69 Å². The summed E-state index contributed by atoms with van der Waals surface area (Å²) in [7, 11) is 0. The fourth-order valence-electron chi connectivity index (χ4n) is 1.18. The Labute approximate surface area is 92.9 Å². The molecule has 0 spiro atoms. The molecule has 1 aromatic rings. The Balaban J connectivity index is 2.71. The van der Waals surface area contributed by atoms with Gasteiger partial charge in [0.2, 0.25) is 0 Å². The Kier molecular flexibility index (Phi) is 4.35. The van der Waals surface area contributed by atoms with Crippen LogP contribution in [-0.2, 0) is 0 Å². The first-order chi connectivity index (χ1) is 7.65. The van der Waals surface area contributed by atoms with Crippen molar-refractivity contribution < 1.29 is 9.72 Å². The minimum Gasteiger partial charge on any atom is -0.306 e. The maximum absolute atomic E-state index is 11.6. The van der Waals surface area contributed by atoms with Crippen molar-refractivity contribution in [1.29, 1.82) is 0 Å². The number of ketones is 1. The van der Waals surface area contributed by atoms with E-state index in [-0.39, 0.29) is 18.0 Å². The van der Waals surface area contributed by atoms with Crippen molar-refractivity contribution in [3.63, 3.8) is 0 Å². The predicted molar refractivity (Wildman–Crippen MR) is 60.5 cm³/mol. The van der Waals surface area contributed by atoms with Gasteiger partial charge >= 0.3 is 0 Å². The van der Waals surface area contributed by atoms with Crippen LogP contribution in [0.1, 0.15) is 10.4 Å². The van der Waals surface area contributed by atoms with Gasteiger partial charge in [-0.25, -0.2) is 0 Å². The molecule has 0 atom stereocenters. The van der Waals surface area contributed by atoms with Gasteiger partial charge in [-0.2, -0.15) is 0 Å². The molecular formula is C11H12N2O3. The average molecular weight is 220 g/mol. The van der Waals surface area contributed by atoms with Crippen molar-refractivity contribution >= 4 is 11.5 Å². The largest absolute Gasteiger partial charge is 0.306 e. The third-order valence-corrected chi connectivity index (χ3v) is 1.95. The number of carbonyl (C=O) groups excluding carboxylic acids is 1. The van der Waals surface area contributed by atoms with E-state index < -0.39 is 4.92 Å². The second-order valence-corrected chi connectivity index (χ2v) is 3.15. The standard InChI is InChI=1S/C11H12N2O3/c1-2-6-12-8-11(14)9-4-3-5-10(7-9)13(15)16/h2-5,7,12H,1,6,8H2. The molecule has 0 saturated heterocycles. The number of rotatable bonds is 6. The fourth-order valence-corrected chi connectivity index (χ4v) is 1.18. The fraction of sp³-hybridized carbons (Fsp3) is 0.182. The number of non-ortho nitro benzene ring substituents is 1. The van der Waals surface area contributed by atoms with Gasteiger partial charge in [-0.05, 0) is 0 Å². The Morgan fingerprint density at radius 3 is 2.94 bits per heavy atom. The van der Waals surface area contributed by atoms with E-state index in [2.05, 4.69) is 11.9 Å². The lowest BCUT2D eigenvalue weighted by Crippen LogP contribution is -2.22. The van der Waals surface area contributed by atoms with Crippen LogP contribution in [0, 0.1) is 10.1 Å². The molecule has 0 amide bonds. The van der Waals surface area contributed by atoms with Crippen LogP contribution < -0.4 is 5.32 Å². The van der Waals surface area contributed by atoms with E-state index in [1.54, 1.807) is 12.1 Å². The lowest BCUT2D eigenvalue weighted by atomic mass is 10.1. The van der Waals surface area contributed by atoms with Crippen LogP contribution in [-0.4, -0.2) is 23.8 Å². The van der Waals surface area contributed by atoms with Crippen LogP contribution >= 0.6 is 0 Å². The highest BCUT2D eigenvalue weighted by atomic mass is 16.6. The van der Waals surface area contributed by atoms with Gasteiger partial charge in [0, 0.05) is 24.2 Å². The van der Waals surface area contributed by atoms with Crippen LogP contribution in [0.5, 0.6) is 0 Å². The van der Waals surface area contributed by atoms with E-state index in [0.717, 1.165) is 0 Å². The number of nitro groups is 1. The monoisotopic (exact) mass is 220 g/mol. The SMILES string of the molecule is C=CCNCC(=O)c1cccc([N+](=O)[O-])c1. The zero-order chi connectivity index (χ0) is 12.0. The summed E-state index contributed by atoms with van der Waals surface area (Å²) in [4.78, 5) is 21.6. The summed E-state index contributed by atoms with van der Waals surface area (Å²) in [6, 6.07) is 5.69. The predicted octanol–water partition coefficient (Wildman–Crippen LogP) is 1.55. The second kappa shape index (κ2) is 5.77. The van der Waals surface area contributed by atoms with Crippen molar-refractivity contribution in [1.82, 2.24) is 5.32 Å². The van der Waals surface area contributed by atoms with Gasteiger partial charge in [-0.15, -0.1) is 6.58 Å². The van der Waals surface area contributed by atoms with Gasteiger partial charge in [0.1, 0.15) is 0 Å². The van der Waals surface area contributed by atoms with E-state index >= 15 is 0 Å². The number of nitrogens with one attached hydrogen (secondary N) is 1. The zero-order valence-corrected chi connectivity index (χ0v) is 8.68. The summed E-state index contributed by atoms with van der Waals surface area (Å²) in [5, 5.41) is 13.3. The molecule has 0 heterocycles. The van der Waals surface area contributed by atoms with Crippen molar-refractivity contribution in [2.75, 3.05) is 13.1 Å². The molecule has 0 saturated carbocycles. The first-order valence-electron chi connectivity index (χ1n) is 4.74. The number of carbonyl (C=O) groups is 1. The minimum absolute atomic E-state index is 0.0745. The van der Waals surface area contributed by atoms with E-state index in [0.29, 0.717) is 12.1 Å². The number of nitro benzene ring substituents is 1. The highest BCUT2D eigenvalue weighted by molar-refractivity contribution is 5.98. The number of nitrogens with zero attached hydrogens (tertiary/aromatic N) is 1. The lowest BCUT2D eigenvalue weighted by molar-refractivity contribution is -0.384. The van der Waals surface area contributed by atoms with E-state index in [1.165, 1.54) is 18.2 Å². The normalized spacial score (nSPS) is 9.75. The molecule has 0 aliphatic carbocycles. The number of benzene rings is 1. The first kappa shape index (κ1) is 12.1. The van der Waals surface area contributed by atoms with Crippen molar-refractivity contribution in [3.05, 3.63) is 52.6 Å². The van der Waals surface area contributed by atoms with Gasteiger partial charge in [-0.1, -0.05) is 18.2 Å². The van der Waals surface area contributed by atoms with Gasteiger partial charge < -0.3 is 5.32 Å². The summed E-state index contributed by atoms with van der Waals surface area (Å²) in [6.07, 6.45) is 1.64. The van der Waals surface area contributed by atoms with Crippen LogP contribution in [0.4, 0.5) is 5.69 Å². The van der Waals surface area contributed by atoms with Crippen molar-refractivity contribution in [3.8, 4) is 0 Å². The summed E-state index contributed by atoms with van der Waals surface area (Å²) in [5.74, 6) is -0.175. The molecule has 0 radical (unpaired) electrons. The van der Waals surface area contributed by atoms with E-state index in [1.807, 2.05) is 0 Å². The molecule has 16 heavy (non-hydrogen) atoms. The van der Waals surface area contributed by atoms with E-state index in [9.17, 15) is 14.9 Å². The van der Waals surface area contributed by atoms with Crippen molar-refractivity contribution in [2.45, 2.75) is 0 Å². The molecule has 1 N–H and O–H groups in total. The zero-order valence-electron chi connectivity index (χ0n) is 8.68. The summed E-state index contributed by atoms with van der Waals surface area (Å²) in [6.45, 7) is 4.18. The quantitative estimate of drug-likeness (QED) is 0.259. The Hall–Kier alpha value is -2.01. The van der Waals surface area contributed by atoms with Crippen LogP contribution in [0.2, 0.25) is 0 Å². The number of hydrogen-bond acceptors (Lipinski definition) is 4. The van der Waals surface area contributed by atoms with Gasteiger partial charge in [0.05, 0.1) is 11.5 Å². The van der Waals surface area contributed by atoms with Gasteiger partial charge in [0.15, 0.2) is 5.78 Å². The highest BCUT2D eigenvalue weighted by Crippen LogP contribution is 2.13. The molecule has 0 unspecified atom stereocenters. The molecule has 0 aliphatic heterocycles. The number of hydrogen-bond donors (Lipinski definition) is 1. The van der Waals surface area contributed by atoms with Gasteiger partial charge in [-0.3, -0.25) is 14.9 Å². The maximum atomic E-state index is 11.6. The van der Waals surface area contributed by atoms with E-state index in [4.69, 9.17) is 0 Å². The topological polar surface area (TPSA) is 72.2 Å². The summed E-state index contributed by atoms with van der Waals surface area (Å²) < 4.78 is 0. The average Bonchev–Trinajstić information content (AvgIpc) is 2.29. The lowest BCUT2D eigenvalue weighted by Gasteiger charge is -2.01. The smallest absolute Gasteiger partial charge is 0.270 e. The van der Waals surface area contributed by atoms with Crippen LogP contribution in [0.25, 0.3) is 0 Å². The first-order valence-corrected chi connectivity index (χ1v) is 4.74. The molecule has 5 nitrogen and oxygen atoms in total. The summed E-state index contributed by atoms with van der Waals surface area (Å²) >= 11 is 0. The molecule has 0 aliphatic rings. The Morgan fingerprint density at radius 1 is 1.56 bits per heavy atom. The maximum Gasteiger partial charge on any atom is 0.270 e. The van der Waals surface area contributed by atoms with Crippen LogP contribution in [0.15, 0.2) is 36.9 Å². The molecule has 5 heteroatoms. The second-order valence-electron chi connectivity index (χ2n) is 3.15. The number of Topliss-reactive ketones (excluding diaryl/α,β-unsaturated/α-hetero) is 1. The molecule has 84 valence electrons. The molecular weight excluding hydrogens is 208 g/mol. The molecule has 0 aromatic heterocycles. The minimum atomic E-state index is -0.520. The Morgan fingerprint density at radius 2 is 2.31 bits per heavy atom. The van der Waals surface area contributed by atoms with Crippen LogP contribution in [0.3, 0.4) is 0 Å². The summed E-state index contributed by atoms with van der Waals surface area (Å²) in [5.41, 5.74) is 0.264. The third-order valence-electron chi connectivity index (χ3n) is 1.95.